The number of rotatable bonds is 0. The van der Waals surface area contributed by atoms with Crippen molar-refractivity contribution in [2.75, 3.05) is 0 Å². The molecule has 2 aromatic carbocycles. The zero-order chi connectivity index (χ0) is 15.7. The Hall–Kier alpha value is -2.41. The standard InChI is InChI=1S/C17H14N2O4/c20-13-9-5-1-3-7-11(9)15-18(13)17(22)19-14(21)10-6-2-4-8-12(10)16(19)23-15/h1-8,13-16,20-21H/t13-,14-,15-,16+/m1/s1. The lowest BCUT2D eigenvalue weighted by Crippen LogP contribution is -2.50. The highest BCUT2D eigenvalue weighted by atomic mass is 16.6. The molecule has 0 spiro atoms. The number of hydrogen-bond acceptors (Lipinski definition) is 4. The molecule has 1 fully saturated rings. The van der Waals surface area contributed by atoms with Gasteiger partial charge in [0.2, 0.25) is 0 Å². The summed E-state index contributed by atoms with van der Waals surface area (Å²) in [5.74, 6) is 0. The number of carbonyl (C=O) groups is 1. The largest absolute Gasteiger partial charge is 0.369 e. The molecule has 0 unspecified atom stereocenters. The first-order valence-electron chi connectivity index (χ1n) is 7.48. The van der Waals surface area contributed by atoms with Gasteiger partial charge in [0, 0.05) is 22.3 Å². The van der Waals surface area contributed by atoms with Gasteiger partial charge in [0.25, 0.3) is 0 Å². The van der Waals surface area contributed by atoms with E-state index in [1.165, 1.54) is 9.80 Å². The normalized spacial score (nSPS) is 30.8. The fourth-order valence-corrected chi connectivity index (χ4v) is 3.74. The maximum absolute atomic E-state index is 12.9. The summed E-state index contributed by atoms with van der Waals surface area (Å²) >= 11 is 0. The van der Waals surface area contributed by atoms with Crippen molar-refractivity contribution in [3.05, 3.63) is 70.8 Å². The van der Waals surface area contributed by atoms with E-state index in [2.05, 4.69) is 0 Å². The SMILES string of the molecule is O=C1N2[C@H](O)c3ccccc3[C@H]2O[C@H]2c3ccccc3[C@@H](O)N12. The number of ether oxygens (including phenoxy) is 1. The second kappa shape index (κ2) is 4.32. The van der Waals surface area contributed by atoms with Crippen molar-refractivity contribution in [2.24, 2.45) is 0 Å². The van der Waals surface area contributed by atoms with Gasteiger partial charge in [-0.3, -0.25) is 9.80 Å². The molecule has 2 aromatic rings. The van der Waals surface area contributed by atoms with E-state index in [1.807, 2.05) is 36.4 Å². The Labute approximate surface area is 132 Å². The average molecular weight is 310 g/mol. The second-order valence-electron chi connectivity index (χ2n) is 5.94. The second-order valence-corrected chi connectivity index (χ2v) is 5.94. The average Bonchev–Trinajstić information content (AvgIpc) is 3.03. The lowest BCUT2D eigenvalue weighted by molar-refractivity contribution is -0.215. The van der Waals surface area contributed by atoms with Gasteiger partial charge in [-0.05, 0) is 0 Å². The van der Waals surface area contributed by atoms with Crippen molar-refractivity contribution in [3.63, 3.8) is 0 Å². The maximum atomic E-state index is 12.9. The summed E-state index contributed by atoms with van der Waals surface area (Å²) in [7, 11) is 0. The fraction of sp³-hybridized carbons (Fsp3) is 0.235. The van der Waals surface area contributed by atoms with Crippen LogP contribution in [0.4, 0.5) is 4.79 Å². The first-order valence-corrected chi connectivity index (χ1v) is 7.48. The van der Waals surface area contributed by atoms with Gasteiger partial charge in [-0.25, -0.2) is 4.79 Å². The van der Waals surface area contributed by atoms with E-state index in [-0.39, 0.29) is 0 Å². The molecule has 0 bridgehead atoms. The number of fused-ring (bicyclic) bond motifs is 6. The van der Waals surface area contributed by atoms with Gasteiger partial charge in [0.15, 0.2) is 24.9 Å². The number of urea groups is 1. The van der Waals surface area contributed by atoms with Gasteiger partial charge >= 0.3 is 6.03 Å². The summed E-state index contributed by atoms with van der Waals surface area (Å²) in [5.41, 5.74) is 2.89. The van der Waals surface area contributed by atoms with Gasteiger partial charge < -0.3 is 14.9 Å². The lowest BCUT2D eigenvalue weighted by atomic mass is 10.1. The van der Waals surface area contributed by atoms with E-state index >= 15 is 0 Å². The molecule has 23 heavy (non-hydrogen) atoms. The van der Waals surface area contributed by atoms with Crippen molar-refractivity contribution in [3.8, 4) is 0 Å². The minimum Gasteiger partial charge on any atom is -0.369 e. The number of aliphatic hydroxyl groups excluding tert-OH is 2. The monoisotopic (exact) mass is 310 g/mol. The van der Waals surface area contributed by atoms with Gasteiger partial charge in [-0.15, -0.1) is 0 Å². The van der Waals surface area contributed by atoms with Crippen LogP contribution in [0.1, 0.15) is 47.2 Å². The Morgan fingerprint density at radius 3 is 1.57 bits per heavy atom. The van der Waals surface area contributed by atoms with Gasteiger partial charge in [0.1, 0.15) is 0 Å². The number of hydrogen-bond donors (Lipinski definition) is 2. The molecule has 0 aliphatic carbocycles. The molecule has 0 aromatic heterocycles. The predicted octanol–water partition coefficient (Wildman–Crippen LogP) is 2.15. The molecule has 0 radical (unpaired) electrons. The van der Waals surface area contributed by atoms with Crippen molar-refractivity contribution < 1.29 is 19.7 Å². The highest BCUT2D eigenvalue weighted by molar-refractivity contribution is 5.79. The molecule has 3 heterocycles. The molecule has 1 saturated heterocycles. The number of aliphatic hydroxyl groups is 2. The summed E-state index contributed by atoms with van der Waals surface area (Å²) in [6.07, 6.45) is -3.43. The van der Waals surface area contributed by atoms with Crippen LogP contribution in [-0.2, 0) is 4.74 Å². The van der Waals surface area contributed by atoms with E-state index < -0.39 is 30.9 Å². The molecule has 116 valence electrons. The van der Waals surface area contributed by atoms with Crippen LogP contribution in [-0.4, -0.2) is 26.0 Å². The van der Waals surface area contributed by atoms with E-state index in [1.54, 1.807) is 12.1 Å². The molecule has 6 nitrogen and oxygen atoms in total. The lowest BCUT2D eigenvalue weighted by Gasteiger charge is -2.42. The third-order valence-corrected chi connectivity index (χ3v) is 4.81. The van der Waals surface area contributed by atoms with Crippen molar-refractivity contribution in [2.45, 2.75) is 24.9 Å². The van der Waals surface area contributed by atoms with E-state index in [9.17, 15) is 15.0 Å². The minimum absolute atomic E-state index is 0.432. The number of amides is 2. The van der Waals surface area contributed by atoms with E-state index in [4.69, 9.17) is 4.74 Å². The molecule has 4 atom stereocenters. The molecule has 6 heteroatoms. The van der Waals surface area contributed by atoms with Crippen LogP contribution in [0.25, 0.3) is 0 Å². The summed E-state index contributed by atoms with van der Waals surface area (Å²) in [4.78, 5) is 15.4. The smallest absolute Gasteiger partial charge is 0.329 e. The Kier molecular flexibility index (Phi) is 2.45. The Balaban J connectivity index is 1.65. The molecular weight excluding hydrogens is 296 g/mol. The molecule has 0 saturated carbocycles. The molecular formula is C17H14N2O4. The quantitative estimate of drug-likeness (QED) is 0.782. The van der Waals surface area contributed by atoms with Crippen LogP contribution in [0.15, 0.2) is 48.5 Å². The Morgan fingerprint density at radius 2 is 1.13 bits per heavy atom. The Morgan fingerprint density at radius 1 is 0.739 bits per heavy atom. The topological polar surface area (TPSA) is 73.2 Å². The molecule has 2 N–H and O–H groups in total. The third-order valence-electron chi connectivity index (χ3n) is 4.81. The zero-order valence-corrected chi connectivity index (χ0v) is 12.0. The van der Waals surface area contributed by atoms with Gasteiger partial charge in [0.05, 0.1) is 0 Å². The van der Waals surface area contributed by atoms with Crippen LogP contribution in [0.5, 0.6) is 0 Å². The van der Waals surface area contributed by atoms with Crippen LogP contribution < -0.4 is 0 Å². The van der Waals surface area contributed by atoms with Crippen molar-refractivity contribution >= 4 is 6.03 Å². The third kappa shape index (κ3) is 1.50. The summed E-state index contributed by atoms with van der Waals surface area (Å²) < 4.78 is 6.11. The minimum atomic E-state index is -1.07. The highest BCUT2D eigenvalue weighted by Crippen LogP contribution is 2.53. The molecule has 3 aliphatic heterocycles. The van der Waals surface area contributed by atoms with Crippen LogP contribution >= 0.6 is 0 Å². The van der Waals surface area contributed by atoms with E-state index in [0.29, 0.717) is 11.1 Å². The van der Waals surface area contributed by atoms with Crippen LogP contribution in [0.2, 0.25) is 0 Å². The number of benzene rings is 2. The van der Waals surface area contributed by atoms with Crippen molar-refractivity contribution in [1.82, 2.24) is 9.80 Å². The van der Waals surface area contributed by atoms with Gasteiger partial charge in [-0.1, -0.05) is 48.5 Å². The van der Waals surface area contributed by atoms with Crippen LogP contribution in [0, 0.1) is 0 Å². The Bertz CT molecular complexity index is 758. The van der Waals surface area contributed by atoms with Gasteiger partial charge in [-0.2, -0.15) is 0 Å². The van der Waals surface area contributed by atoms with Crippen molar-refractivity contribution in [1.29, 1.82) is 0 Å². The molecule has 2 amide bonds. The summed E-state index contributed by atoms with van der Waals surface area (Å²) in [5, 5.41) is 21.0. The number of nitrogens with zero attached hydrogens (tertiary/aromatic N) is 2. The predicted molar refractivity (Wildman–Crippen MR) is 78.4 cm³/mol. The van der Waals surface area contributed by atoms with Crippen LogP contribution in [0.3, 0.4) is 0 Å². The van der Waals surface area contributed by atoms with E-state index in [0.717, 1.165) is 11.1 Å². The summed E-state index contributed by atoms with van der Waals surface area (Å²) in [6, 6.07) is 14.2. The first kappa shape index (κ1) is 13.1. The molecule has 3 aliphatic rings. The summed E-state index contributed by atoms with van der Waals surface area (Å²) in [6.45, 7) is 0. The highest BCUT2D eigenvalue weighted by Gasteiger charge is 2.54. The zero-order valence-electron chi connectivity index (χ0n) is 12.0. The maximum Gasteiger partial charge on any atom is 0.329 e. The number of carbonyl (C=O) groups excluding carboxylic acids is 1. The molecule has 5 rings (SSSR count). The first-order chi connectivity index (χ1) is 11.2. The fourth-order valence-electron chi connectivity index (χ4n) is 3.74.